The first-order valence-electron chi connectivity index (χ1n) is 7.34. The van der Waals surface area contributed by atoms with Crippen molar-refractivity contribution >= 4 is 17.4 Å². The molecule has 1 aromatic carbocycles. The average molecular weight is 320 g/mol. The van der Waals surface area contributed by atoms with Crippen LogP contribution in [0.3, 0.4) is 0 Å². The Labute approximate surface area is 134 Å². The SMILES string of the molecule is Cc1cccc(C(CNC(=O)NCCF)Cc2ccsc2)c1. The molecule has 1 atom stereocenters. The molecule has 0 fully saturated rings. The quantitative estimate of drug-likeness (QED) is 0.803. The molecule has 118 valence electrons. The molecule has 0 aliphatic carbocycles. The average Bonchev–Trinajstić information content (AvgIpc) is 3.02. The Hall–Kier alpha value is -1.88. The Morgan fingerprint density at radius 2 is 2.18 bits per heavy atom. The zero-order valence-electron chi connectivity index (χ0n) is 12.6. The van der Waals surface area contributed by atoms with Crippen molar-refractivity contribution in [2.24, 2.45) is 0 Å². The molecule has 22 heavy (non-hydrogen) atoms. The van der Waals surface area contributed by atoms with Crippen LogP contribution in [-0.2, 0) is 6.42 Å². The number of aryl methyl sites for hydroxylation is 1. The van der Waals surface area contributed by atoms with Gasteiger partial charge in [0, 0.05) is 19.0 Å². The molecule has 2 aromatic rings. The molecule has 0 aliphatic heterocycles. The number of alkyl halides is 1. The maximum Gasteiger partial charge on any atom is 0.314 e. The van der Waals surface area contributed by atoms with E-state index < -0.39 is 6.67 Å². The van der Waals surface area contributed by atoms with Crippen molar-refractivity contribution in [2.45, 2.75) is 19.3 Å². The molecule has 2 rings (SSSR count). The van der Waals surface area contributed by atoms with Crippen LogP contribution in [0, 0.1) is 6.92 Å². The first-order chi connectivity index (χ1) is 10.7. The highest BCUT2D eigenvalue weighted by atomic mass is 32.1. The van der Waals surface area contributed by atoms with E-state index in [1.807, 2.05) is 6.07 Å². The van der Waals surface area contributed by atoms with Gasteiger partial charge in [0.25, 0.3) is 0 Å². The molecule has 0 spiro atoms. The van der Waals surface area contributed by atoms with Gasteiger partial charge in [-0.1, -0.05) is 29.8 Å². The Morgan fingerprint density at radius 1 is 1.32 bits per heavy atom. The number of carbonyl (C=O) groups excluding carboxylic acids is 1. The number of urea groups is 1. The van der Waals surface area contributed by atoms with Crippen LogP contribution in [0.25, 0.3) is 0 Å². The second-order valence-corrected chi connectivity index (χ2v) is 6.05. The first-order valence-corrected chi connectivity index (χ1v) is 8.28. The van der Waals surface area contributed by atoms with Gasteiger partial charge in [0.1, 0.15) is 6.67 Å². The fourth-order valence-corrected chi connectivity index (χ4v) is 3.05. The summed E-state index contributed by atoms with van der Waals surface area (Å²) in [6.45, 7) is 2.08. The molecular formula is C17H21FN2OS. The molecule has 0 saturated carbocycles. The fraction of sp³-hybridized carbons (Fsp3) is 0.353. The highest BCUT2D eigenvalue weighted by Crippen LogP contribution is 2.22. The van der Waals surface area contributed by atoms with E-state index in [4.69, 9.17) is 0 Å². The summed E-state index contributed by atoms with van der Waals surface area (Å²) >= 11 is 1.67. The molecule has 2 amide bonds. The van der Waals surface area contributed by atoms with Gasteiger partial charge in [-0.2, -0.15) is 11.3 Å². The zero-order valence-corrected chi connectivity index (χ0v) is 13.5. The maximum atomic E-state index is 12.1. The van der Waals surface area contributed by atoms with Crippen molar-refractivity contribution in [3.8, 4) is 0 Å². The van der Waals surface area contributed by atoms with Crippen LogP contribution in [0.1, 0.15) is 22.6 Å². The van der Waals surface area contributed by atoms with E-state index in [-0.39, 0.29) is 18.5 Å². The van der Waals surface area contributed by atoms with E-state index in [2.05, 4.69) is 52.6 Å². The molecular weight excluding hydrogens is 299 g/mol. The lowest BCUT2D eigenvalue weighted by molar-refractivity contribution is 0.239. The zero-order chi connectivity index (χ0) is 15.8. The minimum absolute atomic E-state index is 0.0471. The number of thiophene rings is 1. The molecule has 2 N–H and O–H groups in total. The molecule has 0 bridgehead atoms. The van der Waals surface area contributed by atoms with Crippen LogP contribution in [0.4, 0.5) is 9.18 Å². The Bertz CT molecular complexity index is 586. The van der Waals surface area contributed by atoms with Crippen LogP contribution < -0.4 is 10.6 Å². The lowest BCUT2D eigenvalue weighted by Crippen LogP contribution is -2.39. The third-order valence-electron chi connectivity index (χ3n) is 3.46. The summed E-state index contributed by atoms with van der Waals surface area (Å²) < 4.78 is 12.1. The minimum Gasteiger partial charge on any atom is -0.338 e. The van der Waals surface area contributed by atoms with Crippen molar-refractivity contribution < 1.29 is 9.18 Å². The molecule has 5 heteroatoms. The van der Waals surface area contributed by atoms with Crippen molar-refractivity contribution in [1.82, 2.24) is 10.6 Å². The van der Waals surface area contributed by atoms with Crippen molar-refractivity contribution in [3.63, 3.8) is 0 Å². The molecule has 0 radical (unpaired) electrons. The monoisotopic (exact) mass is 320 g/mol. The Kier molecular flexibility index (Phi) is 6.40. The summed E-state index contributed by atoms with van der Waals surface area (Å²) in [6, 6.07) is 10.1. The number of carbonyl (C=O) groups is 1. The summed E-state index contributed by atoms with van der Waals surface area (Å²) in [5, 5.41) is 9.51. The van der Waals surface area contributed by atoms with Crippen LogP contribution >= 0.6 is 11.3 Å². The van der Waals surface area contributed by atoms with E-state index >= 15 is 0 Å². The first kappa shape index (κ1) is 16.5. The van der Waals surface area contributed by atoms with Crippen LogP contribution in [0.15, 0.2) is 41.1 Å². The van der Waals surface area contributed by atoms with Gasteiger partial charge in [-0.05, 0) is 41.3 Å². The largest absolute Gasteiger partial charge is 0.338 e. The van der Waals surface area contributed by atoms with Gasteiger partial charge in [0.05, 0.1) is 0 Å². The van der Waals surface area contributed by atoms with E-state index in [0.717, 1.165) is 6.42 Å². The molecule has 0 saturated heterocycles. The van der Waals surface area contributed by atoms with Crippen LogP contribution in [-0.4, -0.2) is 25.8 Å². The number of halogens is 1. The van der Waals surface area contributed by atoms with Gasteiger partial charge in [-0.25, -0.2) is 9.18 Å². The van der Waals surface area contributed by atoms with Gasteiger partial charge in [0.15, 0.2) is 0 Å². The summed E-state index contributed by atoms with van der Waals surface area (Å²) in [5.41, 5.74) is 3.68. The van der Waals surface area contributed by atoms with Gasteiger partial charge >= 0.3 is 6.03 Å². The smallest absolute Gasteiger partial charge is 0.314 e. The van der Waals surface area contributed by atoms with E-state index in [0.29, 0.717) is 6.54 Å². The lowest BCUT2D eigenvalue weighted by Gasteiger charge is -2.18. The van der Waals surface area contributed by atoms with Crippen molar-refractivity contribution in [1.29, 1.82) is 0 Å². The Balaban J connectivity index is 2.03. The summed E-state index contributed by atoms with van der Waals surface area (Å²) in [7, 11) is 0. The van der Waals surface area contributed by atoms with Gasteiger partial charge < -0.3 is 10.6 Å². The van der Waals surface area contributed by atoms with Gasteiger partial charge in [-0.3, -0.25) is 0 Å². The molecule has 3 nitrogen and oxygen atoms in total. The predicted octanol–water partition coefficient (Wildman–Crippen LogP) is 3.65. The predicted molar refractivity (Wildman–Crippen MR) is 89.3 cm³/mol. The number of benzene rings is 1. The normalized spacial score (nSPS) is 11.9. The third-order valence-corrected chi connectivity index (χ3v) is 4.20. The summed E-state index contributed by atoms with van der Waals surface area (Å²) in [4.78, 5) is 11.6. The number of amides is 2. The van der Waals surface area contributed by atoms with Crippen molar-refractivity contribution in [3.05, 3.63) is 57.8 Å². The summed E-state index contributed by atoms with van der Waals surface area (Å²) in [6.07, 6.45) is 0.871. The highest BCUT2D eigenvalue weighted by Gasteiger charge is 2.14. The summed E-state index contributed by atoms with van der Waals surface area (Å²) in [5.74, 6) is 0.200. The van der Waals surface area contributed by atoms with Crippen molar-refractivity contribution in [2.75, 3.05) is 19.8 Å². The van der Waals surface area contributed by atoms with E-state index in [1.165, 1.54) is 16.7 Å². The van der Waals surface area contributed by atoms with E-state index in [9.17, 15) is 9.18 Å². The maximum absolute atomic E-state index is 12.1. The lowest BCUT2D eigenvalue weighted by atomic mass is 9.92. The standard InChI is InChI=1S/C17H21FN2OS/c1-13-3-2-4-15(9-13)16(10-14-5-8-22-12-14)11-20-17(21)19-7-6-18/h2-5,8-9,12,16H,6-7,10-11H2,1H3,(H2,19,20,21). The topological polar surface area (TPSA) is 41.1 Å². The third kappa shape index (κ3) is 5.15. The molecule has 1 aromatic heterocycles. The Morgan fingerprint density at radius 3 is 2.86 bits per heavy atom. The number of rotatable bonds is 7. The molecule has 1 unspecified atom stereocenters. The van der Waals surface area contributed by atoms with Gasteiger partial charge in [0.2, 0.25) is 0 Å². The van der Waals surface area contributed by atoms with E-state index in [1.54, 1.807) is 11.3 Å². The second-order valence-electron chi connectivity index (χ2n) is 5.27. The number of nitrogens with one attached hydrogen (secondary N) is 2. The molecule has 0 aliphatic rings. The van der Waals surface area contributed by atoms with Crippen LogP contribution in [0.5, 0.6) is 0 Å². The van der Waals surface area contributed by atoms with Gasteiger partial charge in [-0.15, -0.1) is 0 Å². The fourth-order valence-electron chi connectivity index (χ4n) is 2.36. The minimum atomic E-state index is -0.552. The molecule has 1 heterocycles. The number of hydrogen-bond donors (Lipinski definition) is 2. The van der Waals surface area contributed by atoms with Crippen LogP contribution in [0.2, 0.25) is 0 Å². The number of hydrogen-bond acceptors (Lipinski definition) is 2. The second kappa shape index (κ2) is 8.54. The highest BCUT2D eigenvalue weighted by molar-refractivity contribution is 7.07.